The highest BCUT2D eigenvalue weighted by Crippen LogP contribution is 2.20. The van der Waals surface area contributed by atoms with Gasteiger partial charge < -0.3 is 5.32 Å². The van der Waals surface area contributed by atoms with Crippen LogP contribution in [0.25, 0.3) is 5.69 Å². The van der Waals surface area contributed by atoms with E-state index in [9.17, 15) is 9.59 Å². The molecular weight excluding hydrogens is 350 g/mol. The van der Waals surface area contributed by atoms with Crippen molar-refractivity contribution in [1.29, 1.82) is 0 Å². The lowest BCUT2D eigenvalue weighted by atomic mass is 10.3. The molecule has 2 heterocycles. The Kier molecular flexibility index (Phi) is 5.22. The summed E-state index contributed by atoms with van der Waals surface area (Å²) in [4.78, 5) is 33.6. The van der Waals surface area contributed by atoms with Crippen LogP contribution in [0.4, 0.5) is 5.69 Å². The summed E-state index contributed by atoms with van der Waals surface area (Å²) in [5, 5.41) is 2.83. The average molecular weight is 369 g/mol. The topological polar surface area (TPSA) is 81.8 Å². The van der Waals surface area contributed by atoms with Gasteiger partial charge in [0, 0.05) is 19.4 Å². The summed E-state index contributed by atoms with van der Waals surface area (Å²) in [6.45, 7) is 3.55. The van der Waals surface area contributed by atoms with Crippen LogP contribution >= 0.6 is 11.8 Å². The quantitative estimate of drug-likeness (QED) is 0.552. The number of carbonyl (C=O) groups excluding carboxylic acids is 1. The van der Waals surface area contributed by atoms with Crippen molar-refractivity contribution in [3.63, 3.8) is 0 Å². The van der Waals surface area contributed by atoms with Crippen molar-refractivity contribution in [1.82, 2.24) is 19.3 Å². The Hall–Kier alpha value is -2.87. The van der Waals surface area contributed by atoms with Crippen LogP contribution in [0.2, 0.25) is 0 Å². The summed E-state index contributed by atoms with van der Waals surface area (Å²) in [7, 11) is 1.79. The van der Waals surface area contributed by atoms with Crippen LogP contribution in [0.1, 0.15) is 12.6 Å². The Morgan fingerprint density at radius 3 is 2.46 bits per heavy atom. The molecule has 0 aliphatic carbocycles. The fraction of sp³-hybridized carbons (Fsp3) is 0.222. The number of hydrogen-bond donors (Lipinski definition) is 1. The molecule has 1 N–H and O–H groups in total. The summed E-state index contributed by atoms with van der Waals surface area (Å²) in [6.07, 6.45) is 3.25. The van der Waals surface area contributed by atoms with E-state index in [0.717, 1.165) is 5.69 Å². The molecule has 3 aromatic rings. The first-order chi connectivity index (χ1) is 12.5. The first-order valence-corrected chi connectivity index (χ1v) is 8.95. The van der Waals surface area contributed by atoms with Crippen molar-refractivity contribution in [2.24, 2.45) is 7.05 Å². The van der Waals surface area contributed by atoms with Gasteiger partial charge in [-0.25, -0.2) is 14.6 Å². The molecule has 0 saturated heterocycles. The smallest absolute Gasteiger partial charge is 0.295 e. The van der Waals surface area contributed by atoms with E-state index in [-0.39, 0.29) is 17.2 Å². The van der Waals surface area contributed by atoms with Crippen LogP contribution in [0.3, 0.4) is 0 Å². The molecule has 1 atom stereocenters. The van der Waals surface area contributed by atoms with Gasteiger partial charge >= 0.3 is 0 Å². The van der Waals surface area contributed by atoms with Gasteiger partial charge in [-0.15, -0.1) is 0 Å². The third-order valence-electron chi connectivity index (χ3n) is 4.00. The molecule has 8 heteroatoms. The Bertz CT molecular complexity index is 966. The van der Waals surface area contributed by atoms with Crippen LogP contribution in [0, 0.1) is 6.92 Å². The normalized spacial score (nSPS) is 12.0. The number of nitrogens with zero attached hydrogens (tertiary/aromatic N) is 4. The van der Waals surface area contributed by atoms with Gasteiger partial charge in [0.2, 0.25) is 5.91 Å². The minimum absolute atomic E-state index is 0.266. The zero-order valence-corrected chi connectivity index (χ0v) is 15.5. The predicted octanol–water partition coefficient (Wildman–Crippen LogP) is 2.39. The van der Waals surface area contributed by atoms with Crippen LogP contribution in [-0.2, 0) is 11.8 Å². The lowest BCUT2D eigenvalue weighted by Crippen LogP contribution is -2.27. The summed E-state index contributed by atoms with van der Waals surface area (Å²) < 4.78 is 3.26. The first-order valence-electron chi connectivity index (χ1n) is 8.07. The van der Waals surface area contributed by atoms with Gasteiger partial charge in [-0.2, -0.15) is 0 Å². The standard InChI is InChI=1S/C18H19N5O2S/c1-12-15(17(25)23(22(12)3)14-8-5-4-6-9-14)21-16(24)13(2)26-18-19-10-7-11-20-18/h4-11,13H,1-3H3,(H,21,24)/t13-/m0/s1. The summed E-state index contributed by atoms with van der Waals surface area (Å²) >= 11 is 1.24. The number of aromatic nitrogens is 4. The SMILES string of the molecule is Cc1c(NC(=O)[C@H](C)Sc2ncccn2)c(=O)n(-c2ccccc2)n1C. The number of benzene rings is 1. The zero-order valence-electron chi connectivity index (χ0n) is 14.7. The molecule has 1 amide bonds. The Labute approximate surface area is 155 Å². The van der Waals surface area contributed by atoms with E-state index in [4.69, 9.17) is 0 Å². The van der Waals surface area contributed by atoms with E-state index in [1.54, 1.807) is 44.0 Å². The second kappa shape index (κ2) is 7.57. The van der Waals surface area contributed by atoms with Crippen molar-refractivity contribution in [3.05, 3.63) is 64.8 Å². The number of anilines is 1. The highest BCUT2D eigenvalue weighted by atomic mass is 32.2. The van der Waals surface area contributed by atoms with Gasteiger partial charge in [0.1, 0.15) is 5.69 Å². The second-order valence-corrected chi connectivity index (χ2v) is 7.03. The summed E-state index contributed by atoms with van der Waals surface area (Å²) in [6, 6.07) is 11.0. The fourth-order valence-corrected chi connectivity index (χ4v) is 3.22. The van der Waals surface area contributed by atoms with E-state index >= 15 is 0 Å². The molecule has 3 rings (SSSR count). The average Bonchev–Trinajstić information content (AvgIpc) is 2.86. The van der Waals surface area contributed by atoms with Crippen molar-refractivity contribution >= 4 is 23.4 Å². The number of thioether (sulfide) groups is 1. The van der Waals surface area contributed by atoms with Gasteiger partial charge in [0.25, 0.3) is 5.56 Å². The minimum Gasteiger partial charge on any atom is -0.319 e. The van der Waals surface area contributed by atoms with Gasteiger partial charge in [0.15, 0.2) is 5.16 Å². The molecular formula is C18H19N5O2S. The second-order valence-electron chi connectivity index (χ2n) is 5.72. The van der Waals surface area contributed by atoms with E-state index in [1.165, 1.54) is 16.4 Å². The van der Waals surface area contributed by atoms with Crippen molar-refractivity contribution in [2.45, 2.75) is 24.3 Å². The third kappa shape index (κ3) is 3.55. The molecule has 0 saturated carbocycles. The maximum atomic E-state index is 12.8. The summed E-state index contributed by atoms with van der Waals surface area (Å²) in [5.41, 5.74) is 1.43. The van der Waals surface area contributed by atoms with Crippen molar-refractivity contribution in [3.8, 4) is 5.69 Å². The molecule has 134 valence electrons. The van der Waals surface area contributed by atoms with E-state index in [0.29, 0.717) is 10.9 Å². The lowest BCUT2D eigenvalue weighted by Gasteiger charge is -2.10. The molecule has 0 bridgehead atoms. The largest absolute Gasteiger partial charge is 0.319 e. The number of rotatable bonds is 5. The van der Waals surface area contributed by atoms with E-state index < -0.39 is 5.25 Å². The number of para-hydroxylation sites is 1. The predicted molar refractivity (Wildman–Crippen MR) is 102 cm³/mol. The Morgan fingerprint density at radius 1 is 1.15 bits per heavy atom. The van der Waals surface area contributed by atoms with Gasteiger partial charge in [-0.05, 0) is 32.0 Å². The van der Waals surface area contributed by atoms with Gasteiger partial charge in [-0.3, -0.25) is 14.3 Å². The molecule has 0 fully saturated rings. The zero-order chi connectivity index (χ0) is 18.7. The Morgan fingerprint density at radius 2 is 1.81 bits per heavy atom. The highest BCUT2D eigenvalue weighted by molar-refractivity contribution is 8.00. The van der Waals surface area contributed by atoms with Crippen molar-refractivity contribution < 1.29 is 4.79 Å². The number of amides is 1. The maximum absolute atomic E-state index is 12.8. The molecule has 0 unspecified atom stereocenters. The van der Waals surface area contributed by atoms with Crippen LogP contribution in [0.5, 0.6) is 0 Å². The monoisotopic (exact) mass is 369 g/mol. The summed E-state index contributed by atoms with van der Waals surface area (Å²) in [5.74, 6) is -0.270. The molecule has 7 nitrogen and oxygen atoms in total. The molecule has 2 aromatic heterocycles. The maximum Gasteiger partial charge on any atom is 0.295 e. The number of nitrogens with one attached hydrogen (secondary N) is 1. The van der Waals surface area contributed by atoms with Gasteiger partial charge in [-0.1, -0.05) is 30.0 Å². The van der Waals surface area contributed by atoms with E-state index in [2.05, 4.69) is 15.3 Å². The molecule has 26 heavy (non-hydrogen) atoms. The van der Waals surface area contributed by atoms with Gasteiger partial charge in [0.05, 0.1) is 16.6 Å². The lowest BCUT2D eigenvalue weighted by molar-refractivity contribution is -0.115. The fourth-order valence-electron chi connectivity index (χ4n) is 2.50. The van der Waals surface area contributed by atoms with Crippen molar-refractivity contribution in [2.75, 3.05) is 5.32 Å². The van der Waals surface area contributed by atoms with E-state index in [1.807, 2.05) is 30.3 Å². The number of carbonyl (C=O) groups is 1. The van der Waals surface area contributed by atoms with Crippen LogP contribution < -0.4 is 10.9 Å². The molecule has 0 aliphatic rings. The minimum atomic E-state index is -0.443. The first kappa shape index (κ1) is 17.9. The molecule has 1 aromatic carbocycles. The van der Waals surface area contributed by atoms with Crippen LogP contribution in [0.15, 0.2) is 58.7 Å². The van der Waals surface area contributed by atoms with Crippen LogP contribution in [-0.4, -0.2) is 30.5 Å². The molecule has 0 radical (unpaired) electrons. The third-order valence-corrected chi connectivity index (χ3v) is 4.99. The highest BCUT2D eigenvalue weighted by Gasteiger charge is 2.22. The Balaban J connectivity index is 1.84. The number of hydrogen-bond acceptors (Lipinski definition) is 5. The molecule has 0 spiro atoms. The molecule has 0 aliphatic heterocycles.